The number of amides is 1. The molecular weight excluding hydrogens is 312 g/mol. The number of rotatable bonds is 7. The van der Waals surface area contributed by atoms with Crippen molar-refractivity contribution in [1.82, 2.24) is 4.98 Å². The lowest BCUT2D eigenvalue weighted by Crippen LogP contribution is -2.14. The lowest BCUT2D eigenvalue weighted by atomic mass is 10.1. The van der Waals surface area contributed by atoms with Gasteiger partial charge in [0.2, 0.25) is 5.91 Å². The zero-order chi connectivity index (χ0) is 17.5. The number of carbonyl (C=O) groups is 3. The number of anilines is 1. The van der Waals surface area contributed by atoms with Crippen LogP contribution in [0.15, 0.2) is 34.9 Å². The number of oxazole rings is 1. The second-order valence-corrected chi connectivity index (χ2v) is 5.10. The van der Waals surface area contributed by atoms with Gasteiger partial charge in [0, 0.05) is 18.4 Å². The molecule has 126 valence electrons. The molecule has 1 N–H and O–H groups in total. The van der Waals surface area contributed by atoms with Gasteiger partial charge in [0.15, 0.2) is 11.5 Å². The van der Waals surface area contributed by atoms with E-state index in [9.17, 15) is 14.4 Å². The van der Waals surface area contributed by atoms with Gasteiger partial charge >= 0.3 is 12.0 Å². The largest absolute Gasteiger partial charge is 0.461 e. The molecule has 0 aliphatic carbocycles. The van der Waals surface area contributed by atoms with Crippen LogP contribution in [0.25, 0.3) is 0 Å². The van der Waals surface area contributed by atoms with Crippen LogP contribution in [0.4, 0.5) is 6.01 Å². The molecule has 24 heavy (non-hydrogen) atoms. The van der Waals surface area contributed by atoms with Crippen LogP contribution in [0.2, 0.25) is 0 Å². The van der Waals surface area contributed by atoms with Crippen LogP contribution in [0.5, 0.6) is 0 Å². The van der Waals surface area contributed by atoms with Crippen molar-refractivity contribution in [3.63, 3.8) is 0 Å². The van der Waals surface area contributed by atoms with Gasteiger partial charge in [-0.2, -0.15) is 4.98 Å². The number of hydrogen-bond donors (Lipinski definition) is 1. The van der Waals surface area contributed by atoms with Crippen LogP contribution in [-0.4, -0.2) is 29.3 Å². The number of aromatic nitrogens is 1. The molecule has 7 nitrogen and oxygen atoms in total. The Labute approximate surface area is 139 Å². The molecule has 7 heteroatoms. The minimum atomic E-state index is -0.628. The molecule has 0 unspecified atom stereocenters. The number of Topliss-reactive ketones (excluding diaryl/α,β-unsaturated/α-hetero) is 1. The molecular formula is C17H18N2O5. The molecule has 0 radical (unpaired) electrons. The molecule has 0 aliphatic heterocycles. The minimum absolute atomic E-state index is 0.0101. The molecule has 1 aromatic heterocycles. The van der Waals surface area contributed by atoms with E-state index in [0.717, 1.165) is 11.8 Å². The van der Waals surface area contributed by atoms with Crippen LogP contribution in [-0.2, 0) is 9.53 Å². The Kier molecular flexibility index (Phi) is 5.83. The third kappa shape index (κ3) is 4.77. The van der Waals surface area contributed by atoms with Gasteiger partial charge in [0.25, 0.3) is 0 Å². The number of nitrogens with one attached hydrogen (secondary N) is 1. The number of esters is 1. The monoisotopic (exact) mass is 330 g/mol. The van der Waals surface area contributed by atoms with E-state index < -0.39 is 11.9 Å². The average molecular weight is 330 g/mol. The second kappa shape index (κ2) is 8.05. The van der Waals surface area contributed by atoms with E-state index in [1.807, 2.05) is 19.1 Å². The predicted octanol–water partition coefficient (Wildman–Crippen LogP) is 2.76. The highest BCUT2D eigenvalue weighted by Crippen LogP contribution is 2.11. The summed E-state index contributed by atoms with van der Waals surface area (Å²) in [6.45, 7) is 3.82. The van der Waals surface area contributed by atoms with E-state index >= 15 is 0 Å². The molecule has 1 aromatic carbocycles. The molecule has 0 saturated carbocycles. The fourth-order valence-electron chi connectivity index (χ4n) is 1.92. The van der Waals surface area contributed by atoms with Crippen LogP contribution in [0.3, 0.4) is 0 Å². The summed E-state index contributed by atoms with van der Waals surface area (Å²) in [6, 6.07) is 7.05. The molecule has 0 atom stereocenters. The Morgan fingerprint density at radius 1 is 1.17 bits per heavy atom. The van der Waals surface area contributed by atoms with Crippen molar-refractivity contribution in [2.24, 2.45) is 0 Å². The fourth-order valence-corrected chi connectivity index (χ4v) is 1.92. The summed E-state index contributed by atoms with van der Waals surface area (Å²) in [5.74, 6) is -1.17. The smallest absolute Gasteiger partial charge is 0.360 e. The van der Waals surface area contributed by atoms with Crippen LogP contribution in [0, 0.1) is 6.92 Å². The van der Waals surface area contributed by atoms with E-state index in [2.05, 4.69) is 10.3 Å². The third-order valence-electron chi connectivity index (χ3n) is 3.19. The van der Waals surface area contributed by atoms with E-state index in [-0.39, 0.29) is 36.9 Å². The lowest BCUT2D eigenvalue weighted by molar-refractivity contribution is -0.116. The summed E-state index contributed by atoms with van der Waals surface area (Å²) < 4.78 is 9.74. The first-order valence-electron chi connectivity index (χ1n) is 7.52. The first-order valence-corrected chi connectivity index (χ1v) is 7.52. The maximum atomic E-state index is 12.0. The van der Waals surface area contributed by atoms with Crippen molar-refractivity contribution < 1.29 is 23.5 Å². The highest BCUT2D eigenvalue weighted by atomic mass is 16.5. The highest BCUT2D eigenvalue weighted by Gasteiger charge is 2.15. The number of ether oxygens (including phenoxy) is 1. The van der Waals surface area contributed by atoms with Crippen LogP contribution < -0.4 is 5.32 Å². The van der Waals surface area contributed by atoms with Crippen molar-refractivity contribution in [3.05, 3.63) is 47.3 Å². The number of nitrogens with zero attached hydrogens (tertiary/aromatic N) is 1. The number of carbonyl (C=O) groups excluding carboxylic acids is 3. The lowest BCUT2D eigenvalue weighted by Gasteiger charge is -2.02. The van der Waals surface area contributed by atoms with Gasteiger partial charge in [0.1, 0.15) is 6.26 Å². The molecule has 0 spiro atoms. The molecule has 0 fully saturated rings. The summed E-state index contributed by atoms with van der Waals surface area (Å²) in [7, 11) is 0. The predicted molar refractivity (Wildman–Crippen MR) is 85.8 cm³/mol. The number of benzene rings is 1. The first-order chi connectivity index (χ1) is 11.5. The summed E-state index contributed by atoms with van der Waals surface area (Å²) in [5.41, 5.74) is 1.60. The first kappa shape index (κ1) is 17.4. The second-order valence-electron chi connectivity index (χ2n) is 5.10. The van der Waals surface area contributed by atoms with Crippen molar-refractivity contribution in [2.45, 2.75) is 26.7 Å². The Balaban J connectivity index is 1.84. The van der Waals surface area contributed by atoms with Gasteiger partial charge in [-0.05, 0) is 13.8 Å². The van der Waals surface area contributed by atoms with Gasteiger partial charge in [-0.15, -0.1) is 0 Å². The van der Waals surface area contributed by atoms with Gasteiger partial charge in [-0.1, -0.05) is 29.8 Å². The van der Waals surface area contributed by atoms with Crippen molar-refractivity contribution in [1.29, 1.82) is 0 Å². The van der Waals surface area contributed by atoms with Crippen LogP contribution in [0.1, 0.15) is 46.2 Å². The maximum Gasteiger partial charge on any atom is 0.360 e. The van der Waals surface area contributed by atoms with Gasteiger partial charge < -0.3 is 9.15 Å². The Bertz CT molecular complexity index is 734. The molecule has 0 aliphatic rings. The topological polar surface area (TPSA) is 98.5 Å². The normalized spacial score (nSPS) is 10.2. The number of hydrogen-bond acceptors (Lipinski definition) is 6. The third-order valence-corrected chi connectivity index (χ3v) is 3.19. The number of aryl methyl sites for hydroxylation is 1. The standard InChI is InChI=1S/C17H18N2O5/c1-3-23-16(22)13-10-24-17(18-13)19-15(21)9-8-14(20)12-6-4-11(2)5-7-12/h4-7,10H,3,8-9H2,1-2H3,(H,18,19,21). The van der Waals surface area contributed by atoms with E-state index in [4.69, 9.17) is 9.15 Å². The fraction of sp³-hybridized carbons (Fsp3) is 0.294. The molecule has 0 saturated heterocycles. The van der Waals surface area contributed by atoms with E-state index in [1.54, 1.807) is 19.1 Å². The minimum Gasteiger partial charge on any atom is -0.461 e. The van der Waals surface area contributed by atoms with Crippen LogP contribution >= 0.6 is 0 Å². The molecule has 2 rings (SSSR count). The Morgan fingerprint density at radius 2 is 1.88 bits per heavy atom. The summed E-state index contributed by atoms with van der Waals surface area (Å²) >= 11 is 0. The summed E-state index contributed by atoms with van der Waals surface area (Å²) in [4.78, 5) is 39.1. The summed E-state index contributed by atoms with van der Waals surface area (Å²) in [6.07, 6.45) is 1.16. The van der Waals surface area contributed by atoms with Gasteiger partial charge in [0.05, 0.1) is 6.61 Å². The van der Waals surface area contributed by atoms with Crippen molar-refractivity contribution in [2.75, 3.05) is 11.9 Å². The van der Waals surface area contributed by atoms with E-state index in [1.165, 1.54) is 0 Å². The SMILES string of the molecule is CCOC(=O)c1coc(NC(=O)CCC(=O)c2ccc(C)cc2)n1. The zero-order valence-corrected chi connectivity index (χ0v) is 13.5. The van der Waals surface area contributed by atoms with Crippen molar-refractivity contribution in [3.8, 4) is 0 Å². The van der Waals surface area contributed by atoms with Gasteiger partial charge in [-0.25, -0.2) is 4.79 Å². The van der Waals surface area contributed by atoms with Crippen molar-refractivity contribution >= 4 is 23.7 Å². The molecule has 1 amide bonds. The maximum absolute atomic E-state index is 12.0. The summed E-state index contributed by atoms with van der Waals surface area (Å²) in [5, 5.41) is 2.40. The highest BCUT2D eigenvalue weighted by molar-refractivity contribution is 5.99. The Morgan fingerprint density at radius 3 is 2.54 bits per heavy atom. The molecule has 0 bridgehead atoms. The average Bonchev–Trinajstić information content (AvgIpc) is 3.02. The zero-order valence-electron chi connectivity index (χ0n) is 13.5. The molecule has 2 aromatic rings. The van der Waals surface area contributed by atoms with Gasteiger partial charge in [-0.3, -0.25) is 14.9 Å². The molecule has 1 heterocycles. The van der Waals surface area contributed by atoms with E-state index in [0.29, 0.717) is 5.56 Å². The number of ketones is 1. The quantitative estimate of drug-likeness (QED) is 0.619. The Hall–Kier alpha value is -2.96.